The fraction of sp³-hybridized carbons (Fsp3) is 0.222. The van der Waals surface area contributed by atoms with E-state index >= 15 is 0 Å². The molecule has 5 nitrogen and oxygen atoms in total. The molecule has 0 amide bonds. The van der Waals surface area contributed by atoms with Crippen LogP contribution in [0.15, 0.2) is 53.7 Å². The number of benzene rings is 2. The van der Waals surface area contributed by atoms with Gasteiger partial charge in [-0.05, 0) is 31.5 Å². The molecule has 0 radical (unpaired) electrons. The summed E-state index contributed by atoms with van der Waals surface area (Å²) in [7, 11) is 0. The zero-order valence-corrected chi connectivity index (χ0v) is 14.6. The minimum atomic E-state index is 0.584. The number of nitrogen functional groups attached to an aromatic ring is 1. The SMILES string of the molecule is Cc1ccc(OCCSc2nnc(-c3ccccc3C)n2N)cc1. The molecular formula is C18H20N4OS. The number of nitrogens with two attached hydrogens (primary N) is 1. The summed E-state index contributed by atoms with van der Waals surface area (Å²) in [5.74, 6) is 8.44. The van der Waals surface area contributed by atoms with Crippen molar-refractivity contribution in [2.24, 2.45) is 0 Å². The molecule has 0 atom stereocenters. The maximum atomic E-state index is 6.14. The Labute approximate surface area is 145 Å². The summed E-state index contributed by atoms with van der Waals surface area (Å²) < 4.78 is 7.25. The summed E-state index contributed by atoms with van der Waals surface area (Å²) in [6.45, 7) is 4.67. The first kappa shape index (κ1) is 16.4. The Hall–Kier alpha value is -2.47. The fourth-order valence-electron chi connectivity index (χ4n) is 2.31. The fourth-order valence-corrected chi connectivity index (χ4v) is 2.98. The highest BCUT2D eigenvalue weighted by atomic mass is 32.2. The van der Waals surface area contributed by atoms with Gasteiger partial charge in [0.15, 0.2) is 5.82 Å². The zero-order valence-electron chi connectivity index (χ0n) is 13.8. The van der Waals surface area contributed by atoms with Gasteiger partial charge in [-0.1, -0.05) is 53.7 Å². The molecular weight excluding hydrogens is 320 g/mol. The summed E-state index contributed by atoms with van der Waals surface area (Å²) in [6, 6.07) is 16.0. The average molecular weight is 340 g/mol. The Bertz CT molecular complexity index is 814. The summed E-state index contributed by atoms with van der Waals surface area (Å²) in [6.07, 6.45) is 0. The van der Waals surface area contributed by atoms with Gasteiger partial charge in [-0.25, -0.2) is 4.68 Å². The first-order valence-electron chi connectivity index (χ1n) is 7.74. The van der Waals surface area contributed by atoms with Gasteiger partial charge in [0, 0.05) is 11.3 Å². The highest BCUT2D eigenvalue weighted by Gasteiger charge is 2.13. The maximum Gasteiger partial charge on any atom is 0.210 e. The van der Waals surface area contributed by atoms with E-state index in [9.17, 15) is 0 Å². The van der Waals surface area contributed by atoms with Crippen molar-refractivity contribution in [2.45, 2.75) is 19.0 Å². The monoisotopic (exact) mass is 340 g/mol. The molecule has 3 rings (SSSR count). The third-order valence-electron chi connectivity index (χ3n) is 3.65. The van der Waals surface area contributed by atoms with E-state index in [-0.39, 0.29) is 0 Å². The Morgan fingerprint density at radius 3 is 2.54 bits per heavy atom. The third kappa shape index (κ3) is 3.71. The average Bonchev–Trinajstić information content (AvgIpc) is 2.94. The van der Waals surface area contributed by atoms with E-state index in [4.69, 9.17) is 10.6 Å². The van der Waals surface area contributed by atoms with Crippen LogP contribution in [-0.2, 0) is 0 Å². The normalized spacial score (nSPS) is 10.8. The zero-order chi connectivity index (χ0) is 16.9. The van der Waals surface area contributed by atoms with Crippen LogP contribution in [0.3, 0.4) is 0 Å². The third-order valence-corrected chi connectivity index (χ3v) is 4.56. The summed E-state index contributed by atoms with van der Waals surface area (Å²) >= 11 is 1.53. The standard InChI is InChI=1S/C18H20N4OS/c1-13-7-9-15(10-8-13)23-11-12-24-18-21-20-17(22(18)19)16-6-4-3-5-14(16)2/h3-10H,11-12,19H2,1-2H3. The number of aromatic nitrogens is 3. The number of nitrogens with zero attached hydrogens (tertiary/aromatic N) is 3. The molecule has 6 heteroatoms. The lowest BCUT2D eigenvalue weighted by Crippen LogP contribution is -2.12. The predicted octanol–water partition coefficient (Wildman–Crippen LogP) is 3.45. The van der Waals surface area contributed by atoms with Crippen molar-refractivity contribution in [1.29, 1.82) is 0 Å². The molecule has 1 heterocycles. The Morgan fingerprint density at radius 2 is 1.79 bits per heavy atom. The molecule has 0 unspecified atom stereocenters. The van der Waals surface area contributed by atoms with E-state index < -0.39 is 0 Å². The van der Waals surface area contributed by atoms with E-state index in [1.807, 2.05) is 55.5 Å². The second kappa shape index (κ2) is 7.40. The smallest absolute Gasteiger partial charge is 0.210 e. The van der Waals surface area contributed by atoms with Gasteiger partial charge in [-0.15, -0.1) is 10.2 Å². The maximum absolute atomic E-state index is 6.14. The van der Waals surface area contributed by atoms with Crippen molar-refractivity contribution in [2.75, 3.05) is 18.2 Å². The first-order valence-corrected chi connectivity index (χ1v) is 8.72. The van der Waals surface area contributed by atoms with Gasteiger partial charge < -0.3 is 10.6 Å². The molecule has 3 aromatic rings. The summed E-state index contributed by atoms with van der Waals surface area (Å²) in [4.78, 5) is 0. The molecule has 0 saturated heterocycles. The minimum absolute atomic E-state index is 0.584. The van der Waals surface area contributed by atoms with Crippen LogP contribution in [0.1, 0.15) is 11.1 Å². The Morgan fingerprint density at radius 1 is 1.04 bits per heavy atom. The van der Waals surface area contributed by atoms with Gasteiger partial charge in [0.05, 0.1) is 6.61 Å². The van der Waals surface area contributed by atoms with Crippen molar-refractivity contribution in [3.63, 3.8) is 0 Å². The van der Waals surface area contributed by atoms with Crippen LogP contribution in [0.5, 0.6) is 5.75 Å². The molecule has 0 aliphatic heterocycles. The molecule has 0 fully saturated rings. The molecule has 24 heavy (non-hydrogen) atoms. The van der Waals surface area contributed by atoms with Crippen LogP contribution in [-0.4, -0.2) is 27.2 Å². The van der Waals surface area contributed by atoms with Crippen LogP contribution in [0, 0.1) is 13.8 Å². The van der Waals surface area contributed by atoms with Gasteiger partial charge >= 0.3 is 0 Å². The van der Waals surface area contributed by atoms with Crippen molar-refractivity contribution >= 4 is 11.8 Å². The number of aryl methyl sites for hydroxylation is 2. The van der Waals surface area contributed by atoms with E-state index in [2.05, 4.69) is 17.1 Å². The van der Waals surface area contributed by atoms with Crippen molar-refractivity contribution in [1.82, 2.24) is 14.9 Å². The lowest BCUT2D eigenvalue weighted by atomic mass is 10.1. The number of hydrogen-bond donors (Lipinski definition) is 1. The number of ether oxygens (including phenoxy) is 1. The Balaban J connectivity index is 1.59. The van der Waals surface area contributed by atoms with Crippen molar-refractivity contribution < 1.29 is 4.74 Å². The van der Waals surface area contributed by atoms with E-state index in [1.54, 1.807) is 4.68 Å². The Kier molecular flexibility index (Phi) is 5.05. The largest absolute Gasteiger partial charge is 0.493 e. The van der Waals surface area contributed by atoms with E-state index in [1.165, 1.54) is 17.3 Å². The van der Waals surface area contributed by atoms with E-state index in [0.717, 1.165) is 22.6 Å². The van der Waals surface area contributed by atoms with E-state index in [0.29, 0.717) is 17.6 Å². The van der Waals surface area contributed by atoms with Gasteiger partial charge in [0.1, 0.15) is 5.75 Å². The minimum Gasteiger partial charge on any atom is -0.493 e. The van der Waals surface area contributed by atoms with Crippen LogP contribution in [0.25, 0.3) is 11.4 Å². The second-order valence-electron chi connectivity index (χ2n) is 5.50. The molecule has 1 aromatic heterocycles. The van der Waals surface area contributed by atoms with Gasteiger partial charge in [-0.2, -0.15) is 0 Å². The second-order valence-corrected chi connectivity index (χ2v) is 6.56. The topological polar surface area (TPSA) is 66.0 Å². The molecule has 0 aliphatic carbocycles. The summed E-state index contributed by atoms with van der Waals surface area (Å²) in [5, 5.41) is 9.09. The van der Waals surface area contributed by atoms with Crippen LogP contribution in [0.2, 0.25) is 0 Å². The first-order chi connectivity index (χ1) is 11.6. The van der Waals surface area contributed by atoms with Crippen molar-refractivity contribution in [3.8, 4) is 17.1 Å². The molecule has 2 aromatic carbocycles. The molecule has 0 saturated carbocycles. The lowest BCUT2D eigenvalue weighted by molar-refractivity contribution is 0.344. The molecule has 124 valence electrons. The lowest BCUT2D eigenvalue weighted by Gasteiger charge is -2.07. The highest BCUT2D eigenvalue weighted by molar-refractivity contribution is 7.99. The molecule has 0 spiro atoms. The van der Waals surface area contributed by atoms with Gasteiger partial charge in [0.25, 0.3) is 0 Å². The van der Waals surface area contributed by atoms with Crippen LogP contribution in [0.4, 0.5) is 0 Å². The van der Waals surface area contributed by atoms with Crippen LogP contribution >= 0.6 is 11.8 Å². The summed E-state index contributed by atoms with van der Waals surface area (Å²) in [5.41, 5.74) is 3.34. The molecule has 0 bridgehead atoms. The molecule has 2 N–H and O–H groups in total. The van der Waals surface area contributed by atoms with Crippen LogP contribution < -0.4 is 10.6 Å². The van der Waals surface area contributed by atoms with Gasteiger partial charge in [0.2, 0.25) is 5.16 Å². The number of thioether (sulfide) groups is 1. The number of hydrogen-bond acceptors (Lipinski definition) is 5. The molecule has 0 aliphatic rings. The predicted molar refractivity (Wildman–Crippen MR) is 97.7 cm³/mol. The number of rotatable bonds is 6. The quantitative estimate of drug-likeness (QED) is 0.423. The highest BCUT2D eigenvalue weighted by Crippen LogP contribution is 2.24. The van der Waals surface area contributed by atoms with Crippen molar-refractivity contribution in [3.05, 3.63) is 59.7 Å². The van der Waals surface area contributed by atoms with Gasteiger partial charge in [-0.3, -0.25) is 0 Å².